The quantitative estimate of drug-likeness (QED) is 0.647. The standard InChI is InChI=1S/C16H20N4O3/c21-16(12-19-10-15(8-17-19)20(22)23)11-18-7-6-14(9-18)13-4-2-1-3-5-13/h1-5,8,10,14,16,21H,6-7,9,11-12H2. The number of aliphatic hydroxyl groups is 1. The van der Waals surface area contributed by atoms with Crippen molar-refractivity contribution in [3.05, 3.63) is 58.4 Å². The van der Waals surface area contributed by atoms with Crippen LogP contribution in [0.2, 0.25) is 0 Å². The lowest BCUT2D eigenvalue weighted by Crippen LogP contribution is -2.33. The van der Waals surface area contributed by atoms with Gasteiger partial charge >= 0.3 is 5.69 Å². The predicted octanol–water partition coefficient (Wildman–Crippen LogP) is 1.64. The van der Waals surface area contributed by atoms with Crippen LogP contribution in [-0.4, -0.2) is 50.4 Å². The van der Waals surface area contributed by atoms with Crippen molar-refractivity contribution in [2.24, 2.45) is 0 Å². The van der Waals surface area contributed by atoms with E-state index in [0.717, 1.165) is 19.5 Å². The Kier molecular flexibility index (Phi) is 4.68. The van der Waals surface area contributed by atoms with E-state index in [9.17, 15) is 15.2 Å². The number of rotatable bonds is 6. The van der Waals surface area contributed by atoms with Crippen molar-refractivity contribution < 1.29 is 10.0 Å². The van der Waals surface area contributed by atoms with Crippen molar-refractivity contribution in [2.75, 3.05) is 19.6 Å². The van der Waals surface area contributed by atoms with Gasteiger partial charge in [0.1, 0.15) is 12.4 Å². The van der Waals surface area contributed by atoms with Crippen LogP contribution >= 0.6 is 0 Å². The summed E-state index contributed by atoms with van der Waals surface area (Å²) < 4.78 is 1.42. The Hall–Kier alpha value is -2.25. The number of hydrogen-bond donors (Lipinski definition) is 1. The molecule has 7 nitrogen and oxygen atoms in total. The molecule has 1 aromatic heterocycles. The van der Waals surface area contributed by atoms with Gasteiger partial charge in [-0.3, -0.25) is 14.8 Å². The highest BCUT2D eigenvalue weighted by Crippen LogP contribution is 2.26. The monoisotopic (exact) mass is 316 g/mol. The molecule has 2 aromatic rings. The summed E-state index contributed by atoms with van der Waals surface area (Å²) in [7, 11) is 0. The molecule has 0 amide bonds. The maximum absolute atomic E-state index is 10.6. The fourth-order valence-corrected chi connectivity index (χ4v) is 3.11. The maximum atomic E-state index is 10.6. The minimum absolute atomic E-state index is 0.0532. The number of likely N-dealkylation sites (tertiary alicyclic amines) is 1. The van der Waals surface area contributed by atoms with E-state index >= 15 is 0 Å². The topological polar surface area (TPSA) is 84.4 Å². The van der Waals surface area contributed by atoms with E-state index in [0.29, 0.717) is 12.5 Å². The van der Waals surface area contributed by atoms with E-state index in [4.69, 9.17) is 0 Å². The average Bonchev–Trinajstić information content (AvgIpc) is 3.18. The van der Waals surface area contributed by atoms with Gasteiger partial charge < -0.3 is 10.0 Å². The molecule has 0 spiro atoms. The van der Waals surface area contributed by atoms with Crippen molar-refractivity contribution in [2.45, 2.75) is 25.0 Å². The van der Waals surface area contributed by atoms with Gasteiger partial charge in [-0.15, -0.1) is 0 Å². The SMILES string of the molecule is O=[N+]([O-])c1cnn(CC(O)CN2CCC(c3ccccc3)C2)c1. The summed E-state index contributed by atoms with van der Waals surface area (Å²) in [4.78, 5) is 12.4. The summed E-state index contributed by atoms with van der Waals surface area (Å²) in [6.07, 6.45) is 3.04. The third-order valence-corrected chi connectivity index (χ3v) is 4.24. The average molecular weight is 316 g/mol. The summed E-state index contributed by atoms with van der Waals surface area (Å²) >= 11 is 0. The first-order valence-corrected chi connectivity index (χ1v) is 7.74. The summed E-state index contributed by atoms with van der Waals surface area (Å²) in [5, 5.41) is 24.7. The summed E-state index contributed by atoms with van der Waals surface area (Å²) in [5.74, 6) is 0.509. The van der Waals surface area contributed by atoms with Crippen molar-refractivity contribution in [1.29, 1.82) is 0 Å². The molecule has 0 aliphatic carbocycles. The molecule has 2 heterocycles. The number of aromatic nitrogens is 2. The molecule has 1 aromatic carbocycles. The van der Waals surface area contributed by atoms with E-state index in [2.05, 4.69) is 34.3 Å². The summed E-state index contributed by atoms with van der Waals surface area (Å²) in [6.45, 7) is 2.70. The highest BCUT2D eigenvalue weighted by molar-refractivity contribution is 5.21. The lowest BCUT2D eigenvalue weighted by molar-refractivity contribution is -0.385. The lowest BCUT2D eigenvalue weighted by Gasteiger charge is -2.20. The number of nitrogens with zero attached hydrogens (tertiary/aromatic N) is 4. The van der Waals surface area contributed by atoms with Gasteiger partial charge in [0.15, 0.2) is 0 Å². The first-order chi connectivity index (χ1) is 11.1. The molecule has 1 aliphatic heterocycles. The smallest absolute Gasteiger partial charge is 0.306 e. The molecule has 0 bridgehead atoms. The van der Waals surface area contributed by atoms with Crippen LogP contribution in [0.25, 0.3) is 0 Å². The summed E-state index contributed by atoms with van der Waals surface area (Å²) in [5.41, 5.74) is 1.29. The zero-order valence-corrected chi connectivity index (χ0v) is 12.8. The van der Waals surface area contributed by atoms with E-state index in [1.807, 2.05) is 6.07 Å². The van der Waals surface area contributed by atoms with Crippen LogP contribution in [0.15, 0.2) is 42.7 Å². The molecule has 0 saturated carbocycles. The van der Waals surface area contributed by atoms with E-state index in [-0.39, 0.29) is 12.2 Å². The Morgan fingerprint density at radius 2 is 2.13 bits per heavy atom. The highest BCUT2D eigenvalue weighted by Gasteiger charge is 2.25. The third kappa shape index (κ3) is 3.94. The van der Waals surface area contributed by atoms with Crippen molar-refractivity contribution >= 4 is 5.69 Å². The highest BCUT2D eigenvalue weighted by atomic mass is 16.6. The van der Waals surface area contributed by atoms with Crippen LogP contribution in [0.1, 0.15) is 17.9 Å². The van der Waals surface area contributed by atoms with Crippen LogP contribution in [-0.2, 0) is 6.54 Å². The van der Waals surface area contributed by atoms with Gasteiger partial charge in [0.05, 0.1) is 17.6 Å². The number of nitro groups is 1. The number of aliphatic hydroxyl groups excluding tert-OH is 1. The molecule has 3 rings (SSSR count). The van der Waals surface area contributed by atoms with Crippen molar-refractivity contribution in [3.8, 4) is 0 Å². The fraction of sp³-hybridized carbons (Fsp3) is 0.438. The molecule has 0 radical (unpaired) electrons. The first kappa shape index (κ1) is 15.6. The Labute approximate surface area is 134 Å². The summed E-state index contributed by atoms with van der Waals surface area (Å²) in [6, 6.07) is 10.4. The second kappa shape index (κ2) is 6.89. The van der Waals surface area contributed by atoms with Crippen LogP contribution in [0.5, 0.6) is 0 Å². The van der Waals surface area contributed by atoms with Crippen LogP contribution in [0.4, 0.5) is 5.69 Å². The largest absolute Gasteiger partial charge is 0.390 e. The van der Waals surface area contributed by atoms with Crippen LogP contribution in [0.3, 0.4) is 0 Å². The molecule has 1 aliphatic rings. The van der Waals surface area contributed by atoms with Gasteiger partial charge in [0, 0.05) is 13.1 Å². The van der Waals surface area contributed by atoms with Crippen LogP contribution < -0.4 is 0 Å². The zero-order valence-electron chi connectivity index (χ0n) is 12.8. The minimum Gasteiger partial charge on any atom is -0.390 e. The maximum Gasteiger partial charge on any atom is 0.306 e. The van der Waals surface area contributed by atoms with Gasteiger partial charge in [-0.2, -0.15) is 5.10 Å². The Morgan fingerprint density at radius 3 is 2.83 bits per heavy atom. The molecular weight excluding hydrogens is 296 g/mol. The zero-order chi connectivity index (χ0) is 16.2. The van der Waals surface area contributed by atoms with Gasteiger partial charge in [0.25, 0.3) is 0 Å². The molecule has 1 saturated heterocycles. The molecule has 122 valence electrons. The van der Waals surface area contributed by atoms with E-state index in [1.54, 1.807) is 0 Å². The predicted molar refractivity (Wildman–Crippen MR) is 85.1 cm³/mol. The molecule has 1 N–H and O–H groups in total. The lowest BCUT2D eigenvalue weighted by atomic mass is 9.99. The number of benzene rings is 1. The first-order valence-electron chi connectivity index (χ1n) is 7.74. The number of hydrogen-bond acceptors (Lipinski definition) is 5. The van der Waals surface area contributed by atoms with E-state index in [1.165, 1.54) is 22.6 Å². The molecule has 23 heavy (non-hydrogen) atoms. The molecule has 2 atom stereocenters. The van der Waals surface area contributed by atoms with Gasteiger partial charge in [-0.05, 0) is 24.4 Å². The van der Waals surface area contributed by atoms with Gasteiger partial charge in [-0.1, -0.05) is 30.3 Å². The normalized spacial score (nSPS) is 19.8. The minimum atomic E-state index is -0.593. The Bertz CT molecular complexity index is 658. The van der Waals surface area contributed by atoms with Gasteiger partial charge in [-0.25, -0.2) is 0 Å². The fourth-order valence-electron chi connectivity index (χ4n) is 3.11. The molecular formula is C16H20N4O3. The molecule has 2 unspecified atom stereocenters. The third-order valence-electron chi connectivity index (χ3n) is 4.24. The van der Waals surface area contributed by atoms with Gasteiger partial charge in [0.2, 0.25) is 0 Å². The Morgan fingerprint density at radius 1 is 1.35 bits per heavy atom. The van der Waals surface area contributed by atoms with Crippen molar-refractivity contribution in [1.82, 2.24) is 14.7 Å². The Balaban J connectivity index is 1.50. The van der Waals surface area contributed by atoms with Crippen LogP contribution in [0, 0.1) is 10.1 Å². The number of β-amino-alcohol motifs (C(OH)–C–C–N with tert-alkyl or cyclic N) is 1. The molecule has 1 fully saturated rings. The second-order valence-electron chi connectivity index (χ2n) is 5.99. The second-order valence-corrected chi connectivity index (χ2v) is 5.99. The van der Waals surface area contributed by atoms with Crippen molar-refractivity contribution in [3.63, 3.8) is 0 Å². The molecule has 7 heteroatoms. The van der Waals surface area contributed by atoms with E-state index < -0.39 is 11.0 Å².